The molecule has 1 aliphatic heterocycles. The monoisotopic (exact) mass is 240 g/mol. The molecule has 0 saturated heterocycles. The Hall–Kier alpha value is -1.85. The number of carbonyl (C=O) groups excluding carboxylic acids is 1. The second-order valence-electron chi connectivity index (χ2n) is 3.83. The summed E-state index contributed by atoms with van der Waals surface area (Å²) in [7, 11) is 1.66. The second kappa shape index (κ2) is 6.03. The highest BCUT2D eigenvalue weighted by molar-refractivity contribution is 6.36. The number of allylic oxidation sites excluding steroid dienone is 1. The number of aliphatic carboxylic acids is 1. The van der Waals surface area contributed by atoms with Crippen molar-refractivity contribution >= 4 is 17.6 Å². The minimum absolute atomic E-state index is 0.0277. The van der Waals surface area contributed by atoms with Gasteiger partial charge >= 0.3 is 5.97 Å². The summed E-state index contributed by atoms with van der Waals surface area (Å²) in [6.07, 6.45) is 2.68. The Morgan fingerprint density at radius 1 is 1.71 bits per heavy atom. The smallest absolute Gasteiger partial charge is 0.353 e. The zero-order valence-electron chi connectivity index (χ0n) is 9.76. The molecule has 6 heteroatoms. The lowest BCUT2D eigenvalue weighted by Crippen LogP contribution is -2.37. The van der Waals surface area contributed by atoms with Gasteiger partial charge in [0.05, 0.1) is 0 Å². The van der Waals surface area contributed by atoms with Gasteiger partial charge in [0.15, 0.2) is 5.71 Å². The average molecular weight is 240 g/mol. The number of hydrogen-bond donors (Lipinski definition) is 1. The Labute approximate surface area is 99.5 Å². The lowest BCUT2D eigenvalue weighted by atomic mass is 10.1. The number of amides is 1. The summed E-state index contributed by atoms with van der Waals surface area (Å²) in [5.41, 5.74) is -0.108. The molecule has 0 fully saturated rings. The highest BCUT2D eigenvalue weighted by Gasteiger charge is 2.33. The fourth-order valence-electron chi connectivity index (χ4n) is 1.46. The van der Waals surface area contributed by atoms with Crippen molar-refractivity contribution < 1.29 is 19.5 Å². The first-order valence-corrected chi connectivity index (χ1v) is 5.38. The van der Waals surface area contributed by atoms with Gasteiger partial charge in [-0.15, -0.1) is 6.58 Å². The molecule has 6 nitrogen and oxygen atoms in total. The Bertz CT molecular complexity index is 351. The summed E-state index contributed by atoms with van der Waals surface area (Å²) in [5, 5.41) is 12.0. The molecule has 0 saturated carbocycles. The predicted octanol–water partition coefficient (Wildman–Crippen LogP) is 0.640. The van der Waals surface area contributed by atoms with E-state index in [0.717, 1.165) is 12.8 Å². The topological polar surface area (TPSA) is 79.2 Å². The summed E-state index contributed by atoms with van der Waals surface area (Å²) in [5.74, 6) is -1.39. The third-order valence-corrected chi connectivity index (χ3v) is 2.47. The Balaban J connectivity index is 2.39. The van der Waals surface area contributed by atoms with Gasteiger partial charge < -0.3 is 14.8 Å². The van der Waals surface area contributed by atoms with Crippen LogP contribution in [0.3, 0.4) is 0 Å². The van der Waals surface area contributed by atoms with Crippen LogP contribution in [0.4, 0.5) is 0 Å². The van der Waals surface area contributed by atoms with Gasteiger partial charge in [0.1, 0.15) is 0 Å². The number of unbranched alkanes of at least 4 members (excludes halogenated alkanes) is 1. The van der Waals surface area contributed by atoms with Crippen molar-refractivity contribution in [2.45, 2.75) is 25.4 Å². The summed E-state index contributed by atoms with van der Waals surface area (Å²) >= 11 is 0. The van der Waals surface area contributed by atoms with Crippen LogP contribution in [0.25, 0.3) is 0 Å². The van der Waals surface area contributed by atoms with E-state index in [9.17, 15) is 9.59 Å². The minimum atomic E-state index is -1.14. The van der Waals surface area contributed by atoms with E-state index in [2.05, 4.69) is 11.7 Å². The van der Waals surface area contributed by atoms with Crippen molar-refractivity contribution in [1.29, 1.82) is 0 Å². The first kappa shape index (κ1) is 13.2. The molecule has 0 aromatic heterocycles. The molecule has 1 atom stereocenters. The molecule has 1 N–H and O–H groups in total. The normalized spacial score (nSPS) is 18.2. The first-order chi connectivity index (χ1) is 8.06. The second-order valence-corrected chi connectivity index (χ2v) is 3.83. The van der Waals surface area contributed by atoms with Gasteiger partial charge in [-0.2, -0.15) is 0 Å². The molecule has 0 bridgehead atoms. The summed E-state index contributed by atoms with van der Waals surface area (Å²) in [4.78, 5) is 28.8. The van der Waals surface area contributed by atoms with E-state index in [1.54, 1.807) is 13.1 Å². The molecular formula is C11H16N2O4. The summed E-state index contributed by atoms with van der Waals surface area (Å²) < 4.78 is 0. The molecule has 0 radical (unpaired) electrons. The molecule has 94 valence electrons. The third-order valence-electron chi connectivity index (χ3n) is 2.47. The molecular weight excluding hydrogens is 224 g/mol. The summed E-state index contributed by atoms with van der Waals surface area (Å²) in [6.45, 7) is 4.19. The van der Waals surface area contributed by atoms with Crippen LogP contribution in [0, 0.1) is 0 Å². The zero-order chi connectivity index (χ0) is 12.8. The standard InChI is InChI=1S/C11H16N2O4/c1-3-4-5-6-13(2)10(14)9-7-8(11(15)16)12-17-9/h3,9H,1,4-7H2,2H3,(H,15,16). The fraction of sp³-hybridized carbons (Fsp3) is 0.545. The maximum Gasteiger partial charge on any atom is 0.353 e. The van der Waals surface area contributed by atoms with Crippen molar-refractivity contribution in [3.63, 3.8) is 0 Å². The van der Waals surface area contributed by atoms with Gasteiger partial charge in [0.2, 0.25) is 6.10 Å². The number of carboxylic acid groups (broad SMARTS) is 1. The van der Waals surface area contributed by atoms with E-state index in [0.29, 0.717) is 6.54 Å². The number of rotatable bonds is 6. The van der Waals surface area contributed by atoms with Crippen molar-refractivity contribution in [3.05, 3.63) is 12.7 Å². The van der Waals surface area contributed by atoms with Crippen LogP contribution in [-0.4, -0.2) is 47.3 Å². The molecule has 1 rings (SSSR count). The minimum Gasteiger partial charge on any atom is -0.477 e. The highest BCUT2D eigenvalue weighted by Crippen LogP contribution is 2.13. The Morgan fingerprint density at radius 2 is 2.41 bits per heavy atom. The van der Waals surface area contributed by atoms with Gasteiger partial charge in [-0.25, -0.2) is 4.79 Å². The van der Waals surface area contributed by atoms with Crippen molar-refractivity contribution in [2.24, 2.45) is 5.16 Å². The van der Waals surface area contributed by atoms with Gasteiger partial charge in [-0.3, -0.25) is 4.79 Å². The lowest BCUT2D eigenvalue weighted by molar-refractivity contribution is -0.140. The molecule has 17 heavy (non-hydrogen) atoms. The van der Waals surface area contributed by atoms with Crippen LogP contribution >= 0.6 is 0 Å². The number of nitrogens with zero attached hydrogens (tertiary/aromatic N) is 2. The van der Waals surface area contributed by atoms with Crippen LogP contribution in [-0.2, 0) is 14.4 Å². The third kappa shape index (κ3) is 3.58. The number of hydrogen-bond acceptors (Lipinski definition) is 4. The number of carbonyl (C=O) groups is 2. The van der Waals surface area contributed by atoms with Gasteiger partial charge in [-0.1, -0.05) is 11.2 Å². The van der Waals surface area contributed by atoms with E-state index in [-0.39, 0.29) is 18.0 Å². The Morgan fingerprint density at radius 3 is 2.94 bits per heavy atom. The van der Waals surface area contributed by atoms with Gasteiger partial charge in [0.25, 0.3) is 5.91 Å². The highest BCUT2D eigenvalue weighted by atomic mass is 16.6. The largest absolute Gasteiger partial charge is 0.477 e. The molecule has 0 aromatic carbocycles. The Kier molecular flexibility index (Phi) is 4.68. The van der Waals surface area contributed by atoms with Crippen LogP contribution in [0.15, 0.2) is 17.8 Å². The molecule has 1 amide bonds. The van der Waals surface area contributed by atoms with E-state index < -0.39 is 12.1 Å². The maximum atomic E-state index is 11.8. The zero-order valence-corrected chi connectivity index (χ0v) is 9.76. The molecule has 0 aliphatic carbocycles. The first-order valence-electron chi connectivity index (χ1n) is 5.38. The van der Waals surface area contributed by atoms with Crippen molar-refractivity contribution in [2.75, 3.05) is 13.6 Å². The quantitative estimate of drug-likeness (QED) is 0.546. The molecule has 1 aliphatic rings. The fourth-order valence-corrected chi connectivity index (χ4v) is 1.46. The number of oxime groups is 1. The van der Waals surface area contributed by atoms with E-state index in [4.69, 9.17) is 9.94 Å². The number of carboxylic acids is 1. The number of likely N-dealkylation sites (N-methyl/N-ethyl adjacent to an activating group) is 1. The van der Waals surface area contributed by atoms with Crippen molar-refractivity contribution in [1.82, 2.24) is 4.90 Å². The van der Waals surface area contributed by atoms with Gasteiger partial charge in [0, 0.05) is 20.0 Å². The van der Waals surface area contributed by atoms with Crippen LogP contribution < -0.4 is 0 Å². The molecule has 1 unspecified atom stereocenters. The predicted molar refractivity (Wildman–Crippen MR) is 61.6 cm³/mol. The molecule has 0 spiro atoms. The van der Waals surface area contributed by atoms with E-state index in [1.165, 1.54) is 4.90 Å². The van der Waals surface area contributed by atoms with E-state index >= 15 is 0 Å². The average Bonchev–Trinajstić information content (AvgIpc) is 2.77. The molecule has 1 heterocycles. The van der Waals surface area contributed by atoms with Crippen LogP contribution in [0.2, 0.25) is 0 Å². The maximum absolute atomic E-state index is 11.8. The van der Waals surface area contributed by atoms with E-state index in [1.807, 2.05) is 0 Å². The van der Waals surface area contributed by atoms with Crippen molar-refractivity contribution in [3.8, 4) is 0 Å². The van der Waals surface area contributed by atoms with Crippen LogP contribution in [0.1, 0.15) is 19.3 Å². The lowest BCUT2D eigenvalue weighted by Gasteiger charge is -2.19. The SMILES string of the molecule is C=CCCCN(C)C(=O)C1CC(C(=O)O)=NO1. The van der Waals surface area contributed by atoms with Crippen LogP contribution in [0.5, 0.6) is 0 Å². The van der Waals surface area contributed by atoms with Gasteiger partial charge in [-0.05, 0) is 12.8 Å². The molecule has 0 aromatic rings. The summed E-state index contributed by atoms with van der Waals surface area (Å²) in [6, 6.07) is 0.